The van der Waals surface area contributed by atoms with Crippen molar-refractivity contribution < 1.29 is 19.5 Å². The second kappa shape index (κ2) is 6.17. The second-order valence-electron chi connectivity index (χ2n) is 6.96. The first-order valence-electron chi connectivity index (χ1n) is 8.79. The molecule has 0 bridgehead atoms. The fourth-order valence-corrected chi connectivity index (χ4v) is 5.61. The summed E-state index contributed by atoms with van der Waals surface area (Å²) >= 11 is 7.21. The number of amides is 2. The molecule has 3 heterocycles. The summed E-state index contributed by atoms with van der Waals surface area (Å²) in [7, 11) is 0. The Morgan fingerprint density at radius 1 is 1.10 bits per heavy atom. The van der Waals surface area contributed by atoms with Gasteiger partial charge in [0.05, 0.1) is 17.0 Å². The number of hydrogen-bond acceptors (Lipinski definition) is 4. The minimum Gasteiger partial charge on any atom is -0.477 e. The van der Waals surface area contributed by atoms with Crippen LogP contribution in [0.5, 0.6) is 0 Å². The molecule has 2 aromatic carbocycles. The number of hydrogen-bond donors (Lipinski definition) is 3. The van der Waals surface area contributed by atoms with E-state index in [1.807, 2.05) is 6.07 Å². The van der Waals surface area contributed by atoms with E-state index in [0.717, 1.165) is 11.3 Å². The molecule has 2 amide bonds. The summed E-state index contributed by atoms with van der Waals surface area (Å²) in [5.41, 5.74) is 1.30. The molecule has 1 aromatic heterocycles. The van der Waals surface area contributed by atoms with Gasteiger partial charge in [-0.25, -0.2) is 4.79 Å². The maximum absolute atomic E-state index is 13.2. The van der Waals surface area contributed by atoms with Crippen LogP contribution in [0.3, 0.4) is 0 Å². The smallest absolute Gasteiger partial charge is 0.346 e. The van der Waals surface area contributed by atoms with Crippen molar-refractivity contribution in [1.29, 1.82) is 0 Å². The number of carbonyl (C=O) groups excluding carboxylic acids is 2. The normalized spacial score (nSPS) is 19.5. The Labute approximate surface area is 174 Å². The van der Waals surface area contributed by atoms with E-state index in [-0.39, 0.29) is 23.1 Å². The molecule has 29 heavy (non-hydrogen) atoms. The summed E-state index contributed by atoms with van der Waals surface area (Å²) in [5.74, 6) is -1.83. The molecule has 5 rings (SSSR count). The first kappa shape index (κ1) is 17.9. The van der Waals surface area contributed by atoms with Gasteiger partial charge in [0.2, 0.25) is 11.8 Å². The van der Waals surface area contributed by atoms with E-state index in [0.29, 0.717) is 38.0 Å². The summed E-state index contributed by atoms with van der Waals surface area (Å²) in [4.78, 5) is 38.5. The fraction of sp³-hybridized carbons (Fsp3) is 0.0952. The lowest BCUT2D eigenvalue weighted by molar-refractivity contribution is -0.125. The van der Waals surface area contributed by atoms with Gasteiger partial charge in [0, 0.05) is 16.3 Å². The van der Waals surface area contributed by atoms with Gasteiger partial charge >= 0.3 is 5.97 Å². The van der Waals surface area contributed by atoms with E-state index >= 15 is 0 Å². The van der Waals surface area contributed by atoms with Crippen molar-refractivity contribution in [3.63, 3.8) is 0 Å². The zero-order valence-corrected chi connectivity index (χ0v) is 16.4. The molecule has 3 N–H and O–H groups in total. The van der Waals surface area contributed by atoms with Crippen LogP contribution >= 0.6 is 22.9 Å². The minimum atomic E-state index is -1.31. The standard InChI is InChI=1S/C21H13ClN2O4S/c22-11-6-7-13-12(8-11)21(20(28)23-13)9-14(25)24-16-15(10-4-2-1-3-5-10)17(19(26)27)29-18(16)21/h1-8H,9H2,(H,23,28)(H,24,25)(H,26,27). The summed E-state index contributed by atoms with van der Waals surface area (Å²) in [6, 6.07) is 14.0. The molecule has 0 radical (unpaired) electrons. The Morgan fingerprint density at radius 3 is 2.59 bits per heavy atom. The molecule has 1 spiro atoms. The number of carbonyl (C=O) groups is 3. The first-order chi connectivity index (χ1) is 13.9. The van der Waals surface area contributed by atoms with E-state index in [4.69, 9.17) is 11.6 Å². The van der Waals surface area contributed by atoms with Crippen molar-refractivity contribution in [3.05, 3.63) is 68.9 Å². The van der Waals surface area contributed by atoms with E-state index < -0.39 is 11.4 Å². The highest BCUT2D eigenvalue weighted by Crippen LogP contribution is 2.56. The summed E-state index contributed by atoms with van der Waals surface area (Å²) < 4.78 is 0. The average molecular weight is 425 g/mol. The lowest BCUT2D eigenvalue weighted by Gasteiger charge is -2.31. The highest BCUT2D eigenvalue weighted by atomic mass is 35.5. The third-order valence-corrected chi connectivity index (χ3v) is 6.89. The molecule has 144 valence electrons. The molecule has 0 aliphatic carbocycles. The lowest BCUT2D eigenvalue weighted by Crippen LogP contribution is -2.42. The van der Waals surface area contributed by atoms with Crippen molar-refractivity contribution >= 4 is 52.1 Å². The van der Waals surface area contributed by atoms with Gasteiger partial charge in [0.25, 0.3) is 0 Å². The SMILES string of the molecule is O=C1CC2(C(=O)Nc3ccc(Cl)cc32)c2sc(C(=O)O)c(-c3ccccc3)c2N1. The highest BCUT2D eigenvalue weighted by Gasteiger charge is 2.55. The first-order valence-corrected chi connectivity index (χ1v) is 9.98. The number of fused-ring (bicyclic) bond motifs is 4. The maximum atomic E-state index is 13.2. The molecule has 2 aliphatic heterocycles. The summed E-state index contributed by atoms with van der Waals surface area (Å²) in [6.07, 6.45) is -0.118. The quantitative estimate of drug-likeness (QED) is 0.570. The molecule has 0 fully saturated rings. The van der Waals surface area contributed by atoms with Crippen LogP contribution in [0.25, 0.3) is 11.1 Å². The van der Waals surface area contributed by atoms with Crippen LogP contribution in [-0.2, 0) is 15.0 Å². The van der Waals surface area contributed by atoms with Gasteiger partial charge < -0.3 is 15.7 Å². The molecule has 1 atom stereocenters. The van der Waals surface area contributed by atoms with Crippen LogP contribution in [0.1, 0.15) is 26.5 Å². The van der Waals surface area contributed by atoms with Gasteiger partial charge in [-0.15, -0.1) is 11.3 Å². The van der Waals surface area contributed by atoms with Gasteiger partial charge in [-0.05, 0) is 29.3 Å². The summed E-state index contributed by atoms with van der Waals surface area (Å²) in [5, 5.41) is 15.9. The van der Waals surface area contributed by atoms with Gasteiger partial charge in [-0.3, -0.25) is 9.59 Å². The van der Waals surface area contributed by atoms with Crippen LogP contribution in [-0.4, -0.2) is 22.9 Å². The van der Waals surface area contributed by atoms with Crippen LogP contribution in [0.15, 0.2) is 48.5 Å². The van der Waals surface area contributed by atoms with Crippen molar-refractivity contribution in [2.45, 2.75) is 11.8 Å². The maximum Gasteiger partial charge on any atom is 0.346 e. The summed E-state index contributed by atoms with van der Waals surface area (Å²) in [6.45, 7) is 0. The number of carboxylic acids is 1. The number of rotatable bonds is 2. The largest absolute Gasteiger partial charge is 0.477 e. The number of carboxylic acid groups (broad SMARTS) is 1. The second-order valence-corrected chi connectivity index (χ2v) is 8.41. The zero-order chi connectivity index (χ0) is 20.3. The molecule has 0 saturated heterocycles. The third-order valence-electron chi connectivity index (χ3n) is 5.32. The Kier molecular flexibility index (Phi) is 3.81. The number of benzene rings is 2. The van der Waals surface area contributed by atoms with Gasteiger partial charge in [-0.1, -0.05) is 41.9 Å². The monoisotopic (exact) mass is 424 g/mol. The Balaban J connectivity index is 1.86. The topological polar surface area (TPSA) is 95.5 Å². The predicted octanol–water partition coefficient (Wildman–Crippen LogP) is 4.35. The number of aromatic carboxylic acids is 1. The van der Waals surface area contributed by atoms with Crippen molar-refractivity contribution in [1.82, 2.24) is 0 Å². The van der Waals surface area contributed by atoms with Gasteiger partial charge in [0.1, 0.15) is 10.3 Å². The van der Waals surface area contributed by atoms with Crippen molar-refractivity contribution in [2.24, 2.45) is 0 Å². The Hall–Kier alpha value is -3.16. The van der Waals surface area contributed by atoms with E-state index in [1.165, 1.54) is 0 Å². The van der Waals surface area contributed by atoms with Gasteiger partial charge in [0.15, 0.2) is 0 Å². The van der Waals surface area contributed by atoms with Crippen LogP contribution in [0.4, 0.5) is 11.4 Å². The molecule has 6 nitrogen and oxygen atoms in total. The average Bonchev–Trinajstić information content (AvgIpc) is 3.20. The Morgan fingerprint density at radius 2 is 1.86 bits per heavy atom. The van der Waals surface area contributed by atoms with Crippen molar-refractivity contribution in [3.8, 4) is 11.1 Å². The molecule has 8 heteroatoms. The van der Waals surface area contributed by atoms with Gasteiger partial charge in [-0.2, -0.15) is 0 Å². The molecule has 0 saturated carbocycles. The lowest BCUT2D eigenvalue weighted by atomic mass is 9.74. The van der Waals surface area contributed by atoms with E-state index in [9.17, 15) is 19.5 Å². The molecular formula is C21H13ClN2O4S. The third kappa shape index (κ3) is 2.44. The van der Waals surface area contributed by atoms with Crippen LogP contribution in [0, 0.1) is 0 Å². The fourth-order valence-electron chi connectivity index (χ4n) is 4.12. The number of anilines is 2. The molecule has 2 aliphatic rings. The predicted molar refractivity (Wildman–Crippen MR) is 111 cm³/mol. The number of thiophene rings is 1. The molecular weight excluding hydrogens is 412 g/mol. The molecule has 1 unspecified atom stereocenters. The minimum absolute atomic E-state index is 0.0750. The number of nitrogens with one attached hydrogen (secondary N) is 2. The Bertz CT molecular complexity index is 1220. The number of halogens is 1. The van der Waals surface area contributed by atoms with Crippen LogP contribution < -0.4 is 10.6 Å². The van der Waals surface area contributed by atoms with E-state index in [1.54, 1.807) is 42.5 Å². The highest BCUT2D eigenvalue weighted by molar-refractivity contribution is 7.15. The van der Waals surface area contributed by atoms with Crippen LogP contribution in [0.2, 0.25) is 5.02 Å². The van der Waals surface area contributed by atoms with Crippen molar-refractivity contribution in [2.75, 3.05) is 10.6 Å². The molecule has 3 aromatic rings. The van der Waals surface area contributed by atoms with E-state index in [2.05, 4.69) is 10.6 Å². The zero-order valence-electron chi connectivity index (χ0n) is 14.8.